The number of rotatable bonds is 5. The first-order chi connectivity index (χ1) is 9.19. The van der Waals surface area contributed by atoms with Crippen molar-refractivity contribution in [2.45, 2.75) is 10.3 Å². The zero-order chi connectivity index (χ0) is 15.5. The molecule has 1 atom stereocenters. The number of benzene rings is 1. The van der Waals surface area contributed by atoms with Crippen LogP contribution in [0.5, 0.6) is 0 Å². The number of hydrogen-bond acceptors (Lipinski definition) is 4. The predicted octanol–water partition coefficient (Wildman–Crippen LogP) is 2.81. The quantitative estimate of drug-likeness (QED) is 0.582. The van der Waals surface area contributed by atoms with Gasteiger partial charge in [0, 0.05) is 11.0 Å². The van der Waals surface area contributed by atoms with Crippen LogP contribution in [0.3, 0.4) is 0 Å². The van der Waals surface area contributed by atoms with Crippen LogP contribution >= 0.6 is 50.7 Å². The van der Waals surface area contributed by atoms with E-state index < -0.39 is 21.4 Å². The van der Waals surface area contributed by atoms with Crippen molar-refractivity contribution in [1.82, 2.24) is 4.72 Å². The van der Waals surface area contributed by atoms with E-state index in [1.165, 1.54) is 12.1 Å². The Hall–Kier alpha value is -0.0500. The molecule has 0 saturated carbocycles. The fourth-order valence-corrected chi connectivity index (χ4v) is 4.49. The summed E-state index contributed by atoms with van der Waals surface area (Å²) < 4.78 is 31.3. The van der Waals surface area contributed by atoms with Gasteiger partial charge >= 0.3 is 5.97 Å². The fourth-order valence-electron chi connectivity index (χ4n) is 1.25. The van der Waals surface area contributed by atoms with Crippen molar-refractivity contribution in [3.05, 3.63) is 26.7 Å². The Kier molecular flexibility index (Phi) is 6.56. The number of esters is 1. The standard InChI is InChI=1S/C10H9BrCl3NO4S/c1-19-10(16)8(14)4-15-20(17,18)9-6(12)2-5(11)3-7(9)13/h2-3,8,15H,4H2,1H3. The number of halogens is 4. The second-order valence-electron chi connectivity index (χ2n) is 3.54. The molecule has 0 radical (unpaired) electrons. The van der Waals surface area contributed by atoms with Crippen molar-refractivity contribution < 1.29 is 17.9 Å². The summed E-state index contributed by atoms with van der Waals surface area (Å²) in [5.74, 6) is -0.748. The SMILES string of the molecule is COC(=O)C(Cl)CNS(=O)(=O)c1c(Cl)cc(Br)cc1Cl. The van der Waals surface area contributed by atoms with Gasteiger partial charge in [-0.15, -0.1) is 11.6 Å². The zero-order valence-electron chi connectivity index (χ0n) is 9.99. The molecule has 0 aromatic heterocycles. The van der Waals surface area contributed by atoms with Crippen LogP contribution in [0.25, 0.3) is 0 Å². The molecule has 112 valence electrons. The van der Waals surface area contributed by atoms with Crippen LogP contribution in [0, 0.1) is 0 Å². The maximum Gasteiger partial charge on any atom is 0.325 e. The molecule has 0 aliphatic carbocycles. The number of methoxy groups -OCH3 is 1. The van der Waals surface area contributed by atoms with Gasteiger partial charge < -0.3 is 4.74 Å². The summed E-state index contributed by atoms with van der Waals surface area (Å²) in [6.45, 7) is -0.348. The monoisotopic (exact) mass is 423 g/mol. The molecule has 0 heterocycles. The molecule has 1 aromatic carbocycles. The van der Waals surface area contributed by atoms with Crippen LogP contribution in [0.1, 0.15) is 0 Å². The Balaban J connectivity index is 2.98. The number of ether oxygens (including phenoxy) is 1. The Morgan fingerprint density at radius 1 is 1.40 bits per heavy atom. The zero-order valence-corrected chi connectivity index (χ0v) is 14.7. The van der Waals surface area contributed by atoms with Crippen LogP contribution in [-0.2, 0) is 19.6 Å². The highest BCUT2D eigenvalue weighted by Gasteiger charge is 2.25. The van der Waals surface area contributed by atoms with E-state index in [0.29, 0.717) is 4.47 Å². The number of carbonyl (C=O) groups excluding carboxylic acids is 1. The fraction of sp³-hybridized carbons (Fsp3) is 0.300. The predicted molar refractivity (Wildman–Crippen MR) is 81.0 cm³/mol. The first kappa shape index (κ1) is 18.0. The normalized spacial score (nSPS) is 13.1. The maximum atomic E-state index is 12.1. The van der Waals surface area contributed by atoms with Crippen molar-refractivity contribution >= 4 is 66.7 Å². The van der Waals surface area contributed by atoms with Crippen LogP contribution in [0.2, 0.25) is 10.0 Å². The van der Waals surface area contributed by atoms with Crippen molar-refractivity contribution in [1.29, 1.82) is 0 Å². The van der Waals surface area contributed by atoms with E-state index in [2.05, 4.69) is 25.4 Å². The molecule has 20 heavy (non-hydrogen) atoms. The molecule has 0 fully saturated rings. The maximum absolute atomic E-state index is 12.1. The minimum atomic E-state index is -4.00. The highest BCUT2D eigenvalue weighted by atomic mass is 79.9. The molecule has 0 bridgehead atoms. The summed E-state index contributed by atoms with van der Waals surface area (Å²) in [5, 5.41) is -1.26. The van der Waals surface area contributed by atoms with Gasteiger partial charge in [-0.2, -0.15) is 0 Å². The summed E-state index contributed by atoms with van der Waals surface area (Å²) in [7, 11) is -2.85. The van der Waals surface area contributed by atoms with Gasteiger partial charge in [0.1, 0.15) is 10.3 Å². The second kappa shape index (κ2) is 7.29. The van der Waals surface area contributed by atoms with Gasteiger partial charge in [-0.1, -0.05) is 39.1 Å². The molecule has 5 nitrogen and oxygen atoms in total. The molecular formula is C10H9BrCl3NO4S. The van der Waals surface area contributed by atoms with E-state index in [1.54, 1.807) is 0 Å². The van der Waals surface area contributed by atoms with Gasteiger partial charge in [-0.3, -0.25) is 4.79 Å². The molecule has 1 rings (SSSR count). The third-order valence-electron chi connectivity index (χ3n) is 2.14. The first-order valence-electron chi connectivity index (χ1n) is 5.05. The van der Waals surface area contributed by atoms with Gasteiger partial charge in [0.25, 0.3) is 0 Å². The van der Waals surface area contributed by atoms with Gasteiger partial charge in [0.2, 0.25) is 10.0 Å². The molecule has 0 amide bonds. The van der Waals surface area contributed by atoms with E-state index in [4.69, 9.17) is 34.8 Å². The summed E-state index contributed by atoms with van der Waals surface area (Å²) in [6.07, 6.45) is 0. The lowest BCUT2D eigenvalue weighted by Gasteiger charge is -2.12. The summed E-state index contributed by atoms with van der Waals surface area (Å²) in [4.78, 5) is 10.8. The lowest BCUT2D eigenvalue weighted by atomic mass is 10.4. The van der Waals surface area contributed by atoms with Gasteiger partial charge in [-0.05, 0) is 12.1 Å². The number of carbonyl (C=O) groups is 1. The third-order valence-corrected chi connectivity index (χ3v) is 5.28. The van der Waals surface area contributed by atoms with Crippen molar-refractivity contribution in [2.75, 3.05) is 13.7 Å². The van der Waals surface area contributed by atoms with E-state index in [1.807, 2.05) is 0 Å². The average Bonchev–Trinajstić information content (AvgIpc) is 2.33. The lowest BCUT2D eigenvalue weighted by Crippen LogP contribution is -2.34. The van der Waals surface area contributed by atoms with Crippen LogP contribution in [0.15, 0.2) is 21.5 Å². The Labute approximate surface area is 139 Å². The Bertz CT molecular complexity index is 600. The largest absolute Gasteiger partial charge is 0.468 e. The first-order valence-corrected chi connectivity index (χ1v) is 8.52. The number of sulfonamides is 1. The lowest BCUT2D eigenvalue weighted by molar-refractivity contribution is -0.140. The highest BCUT2D eigenvalue weighted by molar-refractivity contribution is 9.10. The van der Waals surface area contributed by atoms with E-state index in [0.717, 1.165) is 7.11 Å². The number of hydrogen-bond donors (Lipinski definition) is 1. The average molecular weight is 426 g/mol. The molecular weight excluding hydrogens is 416 g/mol. The molecule has 0 aliphatic rings. The second-order valence-corrected chi connectivity index (χ2v) is 7.50. The Morgan fingerprint density at radius 2 is 1.90 bits per heavy atom. The van der Waals surface area contributed by atoms with Crippen LogP contribution in [-0.4, -0.2) is 33.4 Å². The third kappa shape index (κ3) is 4.47. The smallest absolute Gasteiger partial charge is 0.325 e. The summed E-state index contributed by atoms with van der Waals surface area (Å²) in [5.41, 5.74) is 0. The number of nitrogens with one attached hydrogen (secondary N) is 1. The molecule has 1 unspecified atom stereocenters. The minimum Gasteiger partial charge on any atom is -0.468 e. The minimum absolute atomic E-state index is 0.0546. The van der Waals surface area contributed by atoms with Crippen LogP contribution < -0.4 is 4.72 Å². The van der Waals surface area contributed by atoms with Gasteiger partial charge in [0.15, 0.2) is 0 Å². The van der Waals surface area contributed by atoms with Crippen molar-refractivity contribution in [3.63, 3.8) is 0 Å². The highest BCUT2D eigenvalue weighted by Crippen LogP contribution is 2.32. The van der Waals surface area contributed by atoms with E-state index >= 15 is 0 Å². The molecule has 0 spiro atoms. The van der Waals surface area contributed by atoms with Crippen LogP contribution in [0.4, 0.5) is 0 Å². The van der Waals surface area contributed by atoms with Gasteiger partial charge in [0.05, 0.1) is 17.2 Å². The van der Waals surface area contributed by atoms with E-state index in [9.17, 15) is 13.2 Å². The molecule has 1 N–H and O–H groups in total. The molecule has 1 aromatic rings. The molecule has 0 aliphatic heterocycles. The van der Waals surface area contributed by atoms with Crippen molar-refractivity contribution in [3.8, 4) is 0 Å². The molecule has 0 saturated heterocycles. The molecule has 10 heteroatoms. The number of alkyl halides is 1. The van der Waals surface area contributed by atoms with Crippen molar-refractivity contribution in [2.24, 2.45) is 0 Å². The topological polar surface area (TPSA) is 72.5 Å². The van der Waals surface area contributed by atoms with Gasteiger partial charge in [-0.25, -0.2) is 13.1 Å². The summed E-state index contributed by atoms with van der Waals surface area (Å²) >= 11 is 20.5. The Morgan fingerprint density at radius 3 is 2.35 bits per heavy atom. The van der Waals surface area contributed by atoms with E-state index in [-0.39, 0.29) is 21.5 Å². The summed E-state index contributed by atoms with van der Waals surface area (Å²) in [6, 6.07) is 2.78.